The maximum Gasteiger partial charge on any atom is 0.251 e. The van der Waals surface area contributed by atoms with Crippen LogP contribution in [0, 0.1) is 13.8 Å². The first-order chi connectivity index (χ1) is 10.0. The molecule has 0 spiro atoms. The first-order valence-corrected chi connectivity index (χ1v) is 7.48. The van der Waals surface area contributed by atoms with E-state index in [1.165, 1.54) is 11.1 Å². The highest BCUT2D eigenvalue weighted by Gasteiger charge is 2.11. The number of carbonyl (C=O) groups excluding carboxylic acids is 1. The lowest BCUT2D eigenvalue weighted by Gasteiger charge is -2.15. The van der Waals surface area contributed by atoms with Crippen molar-refractivity contribution in [2.45, 2.75) is 40.2 Å². The van der Waals surface area contributed by atoms with Crippen LogP contribution >= 0.6 is 0 Å². The Bertz CT molecular complexity index is 629. The number of amides is 1. The minimum Gasteiger partial charge on any atom is -0.346 e. The Morgan fingerprint density at radius 3 is 2.29 bits per heavy atom. The summed E-state index contributed by atoms with van der Waals surface area (Å²) in [4.78, 5) is 12.3. The summed E-state index contributed by atoms with van der Waals surface area (Å²) in [5.74, 6) is -0.0230. The molecule has 0 aliphatic rings. The minimum atomic E-state index is -0.0230. The van der Waals surface area contributed by atoms with E-state index in [1.807, 2.05) is 32.0 Å². The van der Waals surface area contributed by atoms with Crippen molar-refractivity contribution in [3.8, 4) is 0 Å². The summed E-state index contributed by atoms with van der Waals surface area (Å²) in [6.45, 7) is 8.23. The zero-order valence-corrected chi connectivity index (χ0v) is 13.2. The maximum absolute atomic E-state index is 12.3. The predicted molar refractivity (Wildman–Crippen MR) is 87.6 cm³/mol. The van der Waals surface area contributed by atoms with E-state index in [-0.39, 0.29) is 11.9 Å². The topological polar surface area (TPSA) is 29.1 Å². The molecule has 0 aliphatic carbocycles. The Kier molecular flexibility index (Phi) is 4.79. The number of aryl methyl sites for hydroxylation is 3. The van der Waals surface area contributed by atoms with E-state index in [1.54, 1.807) is 0 Å². The lowest BCUT2D eigenvalue weighted by molar-refractivity contribution is 0.0940. The van der Waals surface area contributed by atoms with Crippen molar-refractivity contribution in [2.24, 2.45) is 0 Å². The number of rotatable bonds is 4. The molecule has 1 atom stereocenters. The first kappa shape index (κ1) is 15.3. The van der Waals surface area contributed by atoms with Gasteiger partial charge in [-0.25, -0.2) is 0 Å². The molecule has 0 heterocycles. The van der Waals surface area contributed by atoms with Gasteiger partial charge in [0.25, 0.3) is 5.91 Å². The third-order valence-electron chi connectivity index (χ3n) is 4.00. The largest absolute Gasteiger partial charge is 0.346 e. The van der Waals surface area contributed by atoms with Gasteiger partial charge in [0.2, 0.25) is 0 Å². The molecular weight excluding hydrogens is 258 g/mol. The van der Waals surface area contributed by atoms with Gasteiger partial charge in [-0.05, 0) is 61.6 Å². The summed E-state index contributed by atoms with van der Waals surface area (Å²) < 4.78 is 0. The van der Waals surface area contributed by atoms with E-state index in [0.29, 0.717) is 0 Å². The summed E-state index contributed by atoms with van der Waals surface area (Å²) in [5, 5.41) is 3.06. The van der Waals surface area contributed by atoms with Crippen LogP contribution in [0.15, 0.2) is 42.5 Å². The van der Waals surface area contributed by atoms with Crippen molar-refractivity contribution in [1.82, 2.24) is 5.32 Å². The molecule has 0 aliphatic heterocycles. The van der Waals surface area contributed by atoms with Crippen LogP contribution in [0.3, 0.4) is 0 Å². The van der Waals surface area contributed by atoms with Gasteiger partial charge in [0.15, 0.2) is 0 Å². The standard InChI is InChI=1S/C19H23NO/c1-5-16-7-10-17(11-8-16)15(4)20-19(21)18-9-6-13(2)14(3)12-18/h6-12,15H,5H2,1-4H3,(H,20,21). The van der Waals surface area contributed by atoms with Crippen molar-refractivity contribution in [2.75, 3.05) is 0 Å². The van der Waals surface area contributed by atoms with Gasteiger partial charge < -0.3 is 5.32 Å². The lowest BCUT2D eigenvalue weighted by Crippen LogP contribution is -2.26. The Balaban J connectivity index is 2.08. The molecule has 0 saturated heterocycles. The van der Waals surface area contributed by atoms with Gasteiger partial charge in [-0.2, -0.15) is 0 Å². The highest BCUT2D eigenvalue weighted by molar-refractivity contribution is 5.94. The number of hydrogen-bond acceptors (Lipinski definition) is 1. The Hall–Kier alpha value is -2.09. The monoisotopic (exact) mass is 281 g/mol. The van der Waals surface area contributed by atoms with Crippen LogP contribution in [0.1, 0.15) is 52.5 Å². The van der Waals surface area contributed by atoms with Gasteiger partial charge in [0.1, 0.15) is 0 Å². The minimum absolute atomic E-state index is 0.00464. The zero-order valence-electron chi connectivity index (χ0n) is 13.2. The Morgan fingerprint density at radius 1 is 1.05 bits per heavy atom. The van der Waals surface area contributed by atoms with Gasteiger partial charge in [-0.3, -0.25) is 4.79 Å². The Morgan fingerprint density at radius 2 is 1.71 bits per heavy atom. The quantitative estimate of drug-likeness (QED) is 0.886. The van der Waals surface area contributed by atoms with E-state index in [4.69, 9.17) is 0 Å². The molecule has 2 rings (SSSR count). The van der Waals surface area contributed by atoms with Crippen LogP contribution in [0.4, 0.5) is 0 Å². The second kappa shape index (κ2) is 6.57. The Labute approximate surface area is 127 Å². The molecule has 0 radical (unpaired) electrons. The molecule has 1 amide bonds. The average Bonchev–Trinajstić information content (AvgIpc) is 2.50. The zero-order chi connectivity index (χ0) is 15.4. The fourth-order valence-corrected chi connectivity index (χ4v) is 2.29. The van der Waals surface area contributed by atoms with Crippen molar-refractivity contribution in [1.29, 1.82) is 0 Å². The summed E-state index contributed by atoms with van der Waals surface area (Å²) in [5.41, 5.74) is 5.50. The van der Waals surface area contributed by atoms with Gasteiger partial charge in [0, 0.05) is 5.56 Å². The number of carbonyl (C=O) groups is 1. The smallest absolute Gasteiger partial charge is 0.251 e. The van der Waals surface area contributed by atoms with Crippen molar-refractivity contribution in [3.05, 3.63) is 70.3 Å². The fourth-order valence-electron chi connectivity index (χ4n) is 2.29. The molecule has 0 bridgehead atoms. The molecule has 1 N–H and O–H groups in total. The predicted octanol–water partition coefficient (Wildman–Crippen LogP) is 4.36. The van der Waals surface area contributed by atoms with Gasteiger partial charge in [-0.1, -0.05) is 37.3 Å². The summed E-state index contributed by atoms with van der Waals surface area (Å²) >= 11 is 0. The van der Waals surface area contributed by atoms with E-state index in [2.05, 4.69) is 43.4 Å². The maximum atomic E-state index is 12.3. The van der Waals surface area contributed by atoms with Crippen LogP contribution in [0.25, 0.3) is 0 Å². The first-order valence-electron chi connectivity index (χ1n) is 7.48. The third kappa shape index (κ3) is 3.72. The molecule has 0 fully saturated rings. The van der Waals surface area contributed by atoms with E-state index >= 15 is 0 Å². The average molecular weight is 281 g/mol. The van der Waals surface area contributed by atoms with E-state index in [9.17, 15) is 4.79 Å². The number of hydrogen-bond donors (Lipinski definition) is 1. The second-order valence-electron chi connectivity index (χ2n) is 5.59. The molecular formula is C19H23NO. The summed E-state index contributed by atoms with van der Waals surface area (Å²) in [6, 6.07) is 14.2. The number of benzene rings is 2. The third-order valence-corrected chi connectivity index (χ3v) is 4.00. The summed E-state index contributed by atoms with van der Waals surface area (Å²) in [6.07, 6.45) is 1.03. The van der Waals surface area contributed by atoms with Crippen LogP contribution in [0.5, 0.6) is 0 Å². The lowest BCUT2D eigenvalue weighted by atomic mass is 10.0. The molecule has 2 heteroatoms. The second-order valence-corrected chi connectivity index (χ2v) is 5.59. The summed E-state index contributed by atoms with van der Waals surface area (Å²) in [7, 11) is 0. The normalized spacial score (nSPS) is 12.0. The molecule has 0 saturated carbocycles. The molecule has 2 aromatic carbocycles. The molecule has 2 nitrogen and oxygen atoms in total. The van der Waals surface area contributed by atoms with Gasteiger partial charge >= 0.3 is 0 Å². The SMILES string of the molecule is CCc1ccc(C(C)NC(=O)c2ccc(C)c(C)c2)cc1. The van der Waals surface area contributed by atoms with Crippen LogP contribution in [0.2, 0.25) is 0 Å². The fraction of sp³-hybridized carbons (Fsp3) is 0.316. The molecule has 2 aromatic rings. The van der Waals surface area contributed by atoms with Crippen molar-refractivity contribution < 1.29 is 4.79 Å². The van der Waals surface area contributed by atoms with Crippen LogP contribution < -0.4 is 5.32 Å². The molecule has 1 unspecified atom stereocenters. The van der Waals surface area contributed by atoms with E-state index < -0.39 is 0 Å². The molecule has 0 aromatic heterocycles. The molecule has 21 heavy (non-hydrogen) atoms. The van der Waals surface area contributed by atoms with Crippen LogP contribution in [-0.2, 0) is 6.42 Å². The molecule has 110 valence electrons. The highest BCUT2D eigenvalue weighted by atomic mass is 16.1. The van der Waals surface area contributed by atoms with Crippen molar-refractivity contribution >= 4 is 5.91 Å². The van der Waals surface area contributed by atoms with Crippen LogP contribution in [-0.4, -0.2) is 5.91 Å². The number of nitrogens with one attached hydrogen (secondary N) is 1. The highest BCUT2D eigenvalue weighted by Crippen LogP contribution is 2.16. The van der Waals surface area contributed by atoms with Gasteiger partial charge in [-0.15, -0.1) is 0 Å². The van der Waals surface area contributed by atoms with Crippen molar-refractivity contribution in [3.63, 3.8) is 0 Å². The van der Waals surface area contributed by atoms with E-state index in [0.717, 1.165) is 23.1 Å². The van der Waals surface area contributed by atoms with Gasteiger partial charge in [0.05, 0.1) is 6.04 Å².